The largest absolute Gasteiger partial charge is 0.301 e. The van der Waals surface area contributed by atoms with E-state index >= 15 is 0 Å². The van der Waals surface area contributed by atoms with Crippen LogP contribution in [0.4, 0.5) is 17.3 Å². The van der Waals surface area contributed by atoms with Crippen molar-refractivity contribution in [2.75, 3.05) is 8.01 Å². The molecule has 1 aliphatic heterocycles. The lowest BCUT2D eigenvalue weighted by atomic mass is 10.2. The predicted octanol–water partition coefficient (Wildman–Crippen LogP) is 3.44. The molecular formula is C13H13IN4. The molecule has 1 atom stereocenters. The third-order valence-electron chi connectivity index (χ3n) is 3.17. The average molecular weight is 352 g/mol. The molecule has 0 aliphatic carbocycles. The topological polar surface area (TPSA) is 32.3 Å². The molecule has 0 fully saturated rings. The summed E-state index contributed by atoms with van der Waals surface area (Å²) in [6.45, 7) is 4.27. The molecule has 1 aromatic carbocycles. The Morgan fingerprint density at radius 2 is 1.78 bits per heavy atom. The number of aromatic nitrogens is 2. The number of hydrogen-bond donors (Lipinski definition) is 0. The molecular weight excluding hydrogens is 339 g/mol. The summed E-state index contributed by atoms with van der Waals surface area (Å²) in [5, 5.41) is 0. The highest BCUT2D eigenvalue weighted by atomic mass is 127. The second kappa shape index (κ2) is 4.38. The highest BCUT2D eigenvalue weighted by Crippen LogP contribution is 2.43. The standard InChI is InChI=1S/C13H13IN4/c1-9-5-3-4-6-11(9)17-10(2)18(14)13-12(17)15-7-8-16-13/h3-8,10H,1-2H3/t10-/m0/s1. The normalized spacial score (nSPS) is 18.1. The fraction of sp³-hybridized carbons (Fsp3) is 0.231. The summed E-state index contributed by atoms with van der Waals surface area (Å²) in [6, 6.07) is 8.36. The minimum Gasteiger partial charge on any atom is -0.301 e. The number of rotatable bonds is 1. The van der Waals surface area contributed by atoms with Crippen LogP contribution in [0.3, 0.4) is 0 Å². The molecule has 1 aromatic heterocycles. The quantitative estimate of drug-likeness (QED) is 0.581. The van der Waals surface area contributed by atoms with Crippen molar-refractivity contribution in [2.24, 2.45) is 0 Å². The van der Waals surface area contributed by atoms with Gasteiger partial charge in [-0.2, -0.15) is 0 Å². The first-order valence-corrected chi connectivity index (χ1v) is 6.77. The summed E-state index contributed by atoms with van der Waals surface area (Å²) in [4.78, 5) is 11.1. The summed E-state index contributed by atoms with van der Waals surface area (Å²) in [7, 11) is 0. The third-order valence-corrected chi connectivity index (χ3v) is 4.43. The van der Waals surface area contributed by atoms with E-state index in [1.54, 1.807) is 12.4 Å². The minimum absolute atomic E-state index is 0.212. The van der Waals surface area contributed by atoms with Crippen LogP contribution in [0.2, 0.25) is 0 Å². The van der Waals surface area contributed by atoms with Crippen LogP contribution in [0.5, 0.6) is 0 Å². The van der Waals surface area contributed by atoms with Crippen molar-refractivity contribution in [3.05, 3.63) is 42.2 Å². The minimum atomic E-state index is 0.212. The van der Waals surface area contributed by atoms with Crippen LogP contribution in [0.1, 0.15) is 12.5 Å². The molecule has 0 saturated carbocycles. The summed E-state index contributed by atoms with van der Waals surface area (Å²) in [5.74, 6) is 1.85. The van der Waals surface area contributed by atoms with Gasteiger partial charge in [-0.05, 0) is 25.5 Å². The van der Waals surface area contributed by atoms with Gasteiger partial charge in [0.1, 0.15) is 6.17 Å². The van der Waals surface area contributed by atoms with Crippen LogP contribution in [0.15, 0.2) is 36.7 Å². The highest BCUT2D eigenvalue weighted by molar-refractivity contribution is 14.1. The summed E-state index contributed by atoms with van der Waals surface area (Å²) in [5.41, 5.74) is 2.43. The number of para-hydroxylation sites is 1. The smallest absolute Gasteiger partial charge is 0.183 e. The molecule has 2 heterocycles. The van der Waals surface area contributed by atoms with Crippen molar-refractivity contribution in [1.29, 1.82) is 0 Å². The maximum absolute atomic E-state index is 4.48. The van der Waals surface area contributed by atoms with Gasteiger partial charge in [-0.25, -0.2) is 9.97 Å². The molecule has 0 spiro atoms. The Labute approximate surface area is 120 Å². The van der Waals surface area contributed by atoms with E-state index in [1.165, 1.54) is 11.3 Å². The molecule has 3 rings (SSSR count). The molecule has 2 aromatic rings. The van der Waals surface area contributed by atoms with Gasteiger partial charge in [-0.3, -0.25) is 3.11 Å². The van der Waals surface area contributed by atoms with Crippen LogP contribution < -0.4 is 8.01 Å². The van der Waals surface area contributed by atoms with Crippen LogP contribution in [-0.4, -0.2) is 16.1 Å². The Kier molecular flexibility index (Phi) is 2.85. The molecule has 92 valence electrons. The van der Waals surface area contributed by atoms with Gasteiger partial charge in [0.05, 0.1) is 22.9 Å². The molecule has 0 radical (unpaired) electrons. The predicted molar refractivity (Wildman–Crippen MR) is 81.3 cm³/mol. The Bertz CT molecular complexity index is 587. The van der Waals surface area contributed by atoms with E-state index < -0.39 is 0 Å². The van der Waals surface area contributed by atoms with Crippen molar-refractivity contribution in [2.45, 2.75) is 20.0 Å². The number of hydrogen-bond acceptors (Lipinski definition) is 4. The molecule has 5 heteroatoms. The Balaban J connectivity index is 2.16. The molecule has 0 amide bonds. The zero-order valence-corrected chi connectivity index (χ0v) is 12.4. The number of benzene rings is 1. The average Bonchev–Trinajstić information content (AvgIpc) is 2.64. The Morgan fingerprint density at radius 1 is 1.11 bits per heavy atom. The lowest BCUT2D eigenvalue weighted by Gasteiger charge is -2.26. The second-order valence-corrected chi connectivity index (χ2v) is 5.34. The van der Waals surface area contributed by atoms with E-state index in [4.69, 9.17) is 0 Å². The van der Waals surface area contributed by atoms with E-state index in [9.17, 15) is 0 Å². The third kappa shape index (κ3) is 1.65. The van der Waals surface area contributed by atoms with Crippen molar-refractivity contribution in [1.82, 2.24) is 9.97 Å². The monoisotopic (exact) mass is 352 g/mol. The molecule has 0 unspecified atom stereocenters. The molecule has 0 bridgehead atoms. The van der Waals surface area contributed by atoms with Crippen LogP contribution in [0.25, 0.3) is 0 Å². The molecule has 18 heavy (non-hydrogen) atoms. The first kappa shape index (κ1) is 11.7. The maximum Gasteiger partial charge on any atom is 0.183 e. The number of halogens is 1. The van der Waals surface area contributed by atoms with Crippen molar-refractivity contribution in [3.63, 3.8) is 0 Å². The van der Waals surface area contributed by atoms with Crippen LogP contribution in [0, 0.1) is 6.92 Å². The van der Waals surface area contributed by atoms with Gasteiger partial charge >= 0.3 is 0 Å². The van der Waals surface area contributed by atoms with Crippen LogP contribution in [-0.2, 0) is 0 Å². The molecule has 1 aliphatic rings. The van der Waals surface area contributed by atoms with E-state index in [-0.39, 0.29) is 6.17 Å². The Hall–Kier alpha value is -1.37. The van der Waals surface area contributed by atoms with E-state index in [1.807, 2.05) is 0 Å². The first-order chi connectivity index (χ1) is 8.70. The maximum atomic E-state index is 4.48. The van der Waals surface area contributed by atoms with Gasteiger partial charge in [0.15, 0.2) is 11.6 Å². The van der Waals surface area contributed by atoms with Crippen molar-refractivity contribution in [3.8, 4) is 0 Å². The zero-order chi connectivity index (χ0) is 12.7. The SMILES string of the molecule is Cc1ccccc1N1c2nccnc2N(I)[C@H]1C. The van der Waals surface area contributed by atoms with Gasteiger partial charge in [0.2, 0.25) is 0 Å². The summed E-state index contributed by atoms with van der Waals surface area (Å²) < 4.78 is 2.12. The van der Waals surface area contributed by atoms with E-state index in [2.05, 4.69) is 79.0 Å². The summed E-state index contributed by atoms with van der Waals surface area (Å²) >= 11 is 2.29. The van der Waals surface area contributed by atoms with Gasteiger partial charge in [-0.15, -0.1) is 0 Å². The molecule has 0 N–H and O–H groups in total. The molecule has 0 saturated heterocycles. The van der Waals surface area contributed by atoms with Gasteiger partial charge in [0.25, 0.3) is 0 Å². The Morgan fingerprint density at radius 3 is 2.50 bits per heavy atom. The first-order valence-electron chi connectivity index (χ1n) is 5.81. The number of anilines is 3. The second-order valence-electron chi connectivity index (χ2n) is 4.30. The van der Waals surface area contributed by atoms with Crippen molar-refractivity contribution < 1.29 is 0 Å². The fourth-order valence-electron chi connectivity index (χ4n) is 2.25. The summed E-state index contributed by atoms with van der Waals surface area (Å²) in [6.07, 6.45) is 3.69. The zero-order valence-electron chi connectivity index (χ0n) is 10.2. The molecule has 4 nitrogen and oxygen atoms in total. The van der Waals surface area contributed by atoms with Gasteiger partial charge < -0.3 is 4.90 Å². The fourth-order valence-corrected chi connectivity index (χ4v) is 2.84. The lowest BCUT2D eigenvalue weighted by Crippen LogP contribution is -2.32. The lowest BCUT2D eigenvalue weighted by molar-refractivity contribution is 0.800. The highest BCUT2D eigenvalue weighted by Gasteiger charge is 2.35. The number of nitrogens with zero attached hydrogens (tertiary/aromatic N) is 4. The number of fused-ring (bicyclic) bond motifs is 1. The van der Waals surface area contributed by atoms with E-state index in [0.29, 0.717) is 0 Å². The van der Waals surface area contributed by atoms with Gasteiger partial charge in [-0.1, -0.05) is 18.2 Å². The van der Waals surface area contributed by atoms with Crippen LogP contribution >= 0.6 is 22.9 Å². The van der Waals surface area contributed by atoms with Crippen molar-refractivity contribution >= 4 is 40.2 Å². The number of aryl methyl sites for hydroxylation is 1. The van der Waals surface area contributed by atoms with Gasteiger partial charge in [0, 0.05) is 18.1 Å². The van der Waals surface area contributed by atoms with E-state index in [0.717, 1.165) is 11.6 Å².